The zero-order valence-corrected chi connectivity index (χ0v) is 13.3. The van der Waals surface area contributed by atoms with Gasteiger partial charge in [0.2, 0.25) is 0 Å². The highest BCUT2D eigenvalue weighted by Gasteiger charge is 2.28. The SMILES string of the molecule is Cc1cc2c(o1)CC(C)(C)CN=C2Nc1ccccc1Cl. The van der Waals surface area contributed by atoms with Crippen LogP contribution in [0.2, 0.25) is 5.02 Å². The number of amidine groups is 1. The Bertz CT molecular complexity index is 701. The van der Waals surface area contributed by atoms with Crippen LogP contribution in [0, 0.1) is 12.3 Å². The van der Waals surface area contributed by atoms with Crippen LogP contribution >= 0.6 is 11.6 Å². The molecular formula is C17H19ClN2O. The smallest absolute Gasteiger partial charge is 0.136 e. The molecule has 0 unspecified atom stereocenters. The van der Waals surface area contributed by atoms with Crippen LogP contribution in [0.5, 0.6) is 0 Å². The molecule has 0 amide bonds. The normalized spacial score (nSPS) is 16.9. The molecule has 0 radical (unpaired) electrons. The number of hydrogen-bond acceptors (Lipinski definition) is 3. The molecule has 2 heterocycles. The lowest BCUT2D eigenvalue weighted by atomic mass is 9.88. The summed E-state index contributed by atoms with van der Waals surface area (Å²) in [7, 11) is 0. The van der Waals surface area contributed by atoms with Gasteiger partial charge in [-0.15, -0.1) is 0 Å². The molecule has 0 aliphatic carbocycles. The highest BCUT2D eigenvalue weighted by molar-refractivity contribution is 6.34. The van der Waals surface area contributed by atoms with Gasteiger partial charge < -0.3 is 9.73 Å². The average molecular weight is 303 g/mol. The minimum atomic E-state index is 0.0863. The summed E-state index contributed by atoms with van der Waals surface area (Å²) in [6, 6.07) is 9.73. The van der Waals surface area contributed by atoms with Crippen molar-refractivity contribution in [3.8, 4) is 0 Å². The second-order valence-corrected chi connectivity index (χ2v) is 6.71. The van der Waals surface area contributed by atoms with E-state index in [1.807, 2.05) is 37.3 Å². The van der Waals surface area contributed by atoms with Crippen LogP contribution in [0.1, 0.15) is 30.9 Å². The number of halogens is 1. The van der Waals surface area contributed by atoms with Crippen LogP contribution in [0.25, 0.3) is 0 Å². The number of nitrogens with one attached hydrogen (secondary N) is 1. The lowest BCUT2D eigenvalue weighted by Gasteiger charge is -2.19. The Hall–Kier alpha value is -1.74. The molecule has 0 saturated heterocycles. The summed E-state index contributed by atoms with van der Waals surface area (Å²) in [6.07, 6.45) is 0.882. The molecule has 1 aliphatic rings. The Morgan fingerprint density at radius 3 is 2.81 bits per heavy atom. The van der Waals surface area contributed by atoms with E-state index in [1.165, 1.54) is 0 Å². The van der Waals surface area contributed by atoms with Gasteiger partial charge in [0.15, 0.2) is 0 Å². The lowest BCUT2D eigenvalue weighted by molar-refractivity contribution is 0.339. The molecule has 1 aromatic heterocycles. The van der Waals surface area contributed by atoms with Gasteiger partial charge in [-0.3, -0.25) is 4.99 Å². The lowest BCUT2D eigenvalue weighted by Crippen LogP contribution is -2.18. The zero-order valence-electron chi connectivity index (χ0n) is 12.5. The van der Waals surface area contributed by atoms with E-state index in [2.05, 4.69) is 19.2 Å². The van der Waals surface area contributed by atoms with E-state index < -0.39 is 0 Å². The van der Waals surface area contributed by atoms with Crippen molar-refractivity contribution < 1.29 is 4.42 Å². The number of nitrogens with zero attached hydrogens (tertiary/aromatic N) is 1. The molecule has 1 aliphatic heterocycles. The van der Waals surface area contributed by atoms with Crippen molar-refractivity contribution in [1.82, 2.24) is 0 Å². The number of hydrogen-bond donors (Lipinski definition) is 1. The van der Waals surface area contributed by atoms with Gasteiger partial charge in [-0.1, -0.05) is 37.6 Å². The fourth-order valence-corrected chi connectivity index (χ4v) is 2.74. The molecule has 0 fully saturated rings. The number of para-hydroxylation sites is 1. The molecule has 0 atom stereocenters. The largest absolute Gasteiger partial charge is 0.466 e. The van der Waals surface area contributed by atoms with Gasteiger partial charge in [0.1, 0.15) is 17.4 Å². The maximum atomic E-state index is 6.23. The number of rotatable bonds is 1. The van der Waals surface area contributed by atoms with Crippen molar-refractivity contribution >= 4 is 23.1 Å². The van der Waals surface area contributed by atoms with Crippen LogP contribution in [-0.2, 0) is 6.42 Å². The molecular weight excluding hydrogens is 284 g/mol. The number of furan rings is 1. The maximum Gasteiger partial charge on any atom is 0.136 e. The van der Waals surface area contributed by atoms with Crippen molar-refractivity contribution in [2.24, 2.45) is 10.4 Å². The Labute approximate surface area is 130 Å². The number of aryl methyl sites for hydroxylation is 1. The molecule has 0 bridgehead atoms. The monoisotopic (exact) mass is 302 g/mol. The minimum Gasteiger partial charge on any atom is -0.466 e. The minimum absolute atomic E-state index is 0.0863. The molecule has 1 N–H and O–H groups in total. The maximum absolute atomic E-state index is 6.23. The van der Waals surface area contributed by atoms with Crippen LogP contribution in [-0.4, -0.2) is 12.4 Å². The molecule has 4 heteroatoms. The van der Waals surface area contributed by atoms with Crippen molar-refractivity contribution in [2.75, 3.05) is 11.9 Å². The van der Waals surface area contributed by atoms with Gasteiger partial charge in [-0.2, -0.15) is 0 Å². The molecule has 110 valence electrons. The second kappa shape index (κ2) is 5.23. The predicted octanol–water partition coefficient (Wildman–Crippen LogP) is 4.68. The number of aliphatic imine (C=N–C) groups is 1. The topological polar surface area (TPSA) is 37.5 Å². The highest BCUT2D eigenvalue weighted by Crippen LogP contribution is 2.31. The van der Waals surface area contributed by atoms with Crippen LogP contribution < -0.4 is 5.32 Å². The molecule has 3 nitrogen and oxygen atoms in total. The van der Waals surface area contributed by atoms with Crippen molar-refractivity contribution in [2.45, 2.75) is 27.2 Å². The first-order chi connectivity index (χ1) is 9.94. The first-order valence-corrected chi connectivity index (χ1v) is 7.48. The van der Waals surface area contributed by atoms with Crippen LogP contribution in [0.15, 0.2) is 39.7 Å². The third kappa shape index (κ3) is 2.98. The van der Waals surface area contributed by atoms with Gasteiger partial charge in [0.25, 0.3) is 0 Å². The van der Waals surface area contributed by atoms with Gasteiger partial charge in [-0.25, -0.2) is 0 Å². The summed E-state index contributed by atoms with van der Waals surface area (Å²) in [4.78, 5) is 4.75. The first-order valence-electron chi connectivity index (χ1n) is 7.10. The number of benzene rings is 1. The predicted molar refractivity (Wildman–Crippen MR) is 87.4 cm³/mol. The van der Waals surface area contributed by atoms with E-state index in [-0.39, 0.29) is 5.41 Å². The van der Waals surface area contributed by atoms with E-state index in [0.717, 1.165) is 41.6 Å². The summed E-state index contributed by atoms with van der Waals surface area (Å²) in [5.74, 6) is 2.74. The van der Waals surface area contributed by atoms with Crippen molar-refractivity contribution in [3.63, 3.8) is 0 Å². The summed E-state index contributed by atoms with van der Waals surface area (Å²) < 4.78 is 5.87. The Morgan fingerprint density at radius 1 is 1.29 bits per heavy atom. The Morgan fingerprint density at radius 2 is 2.05 bits per heavy atom. The van der Waals surface area contributed by atoms with Crippen LogP contribution in [0.4, 0.5) is 5.69 Å². The van der Waals surface area contributed by atoms with Gasteiger partial charge in [0.05, 0.1) is 16.3 Å². The summed E-state index contributed by atoms with van der Waals surface area (Å²) in [6.45, 7) is 7.13. The summed E-state index contributed by atoms with van der Waals surface area (Å²) >= 11 is 6.23. The summed E-state index contributed by atoms with van der Waals surface area (Å²) in [5, 5.41) is 4.04. The van der Waals surface area contributed by atoms with Gasteiger partial charge in [0, 0.05) is 13.0 Å². The fraction of sp³-hybridized carbons (Fsp3) is 0.353. The molecule has 0 spiro atoms. The van der Waals surface area contributed by atoms with Crippen molar-refractivity contribution in [3.05, 3.63) is 52.4 Å². The molecule has 0 saturated carbocycles. The molecule has 21 heavy (non-hydrogen) atoms. The third-order valence-electron chi connectivity index (χ3n) is 3.62. The van der Waals surface area contributed by atoms with Gasteiger partial charge in [-0.05, 0) is 30.5 Å². The van der Waals surface area contributed by atoms with E-state index in [0.29, 0.717) is 5.02 Å². The van der Waals surface area contributed by atoms with E-state index in [4.69, 9.17) is 21.0 Å². The molecule has 2 aromatic rings. The molecule has 3 rings (SSSR count). The van der Waals surface area contributed by atoms with E-state index in [9.17, 15) is 0 Å². The van der Waals surface area contributed by atoms with E-state index >= 15 is 0 Å². The Kier molecular flexibility index (Phi) is 3.54. The van der Waals surface area contributed by atoms with Crippen molar-refractivity contribution in [1.29, 1.82) is 0 Å². The van der Waals surface area contributed by atoms with E-state index in [1.54, 1.807) is 0 Å². The number of fused-ring (bicyclic) bond motifs is 1. The van der Waals surface area contributed by atoms with Gasteiger partial charge >= 0.3 is 0 Å². The second-order valence-electron chi connectivity index (χ2n) is 6.30. The zero-order chi connectivity index (χ0) is 15.0. The standard InChI is InChI=1S/C17H19ClN2O/c1-11-8-12-15(21-11)9-17(2,3)10-19-16(12)20-14-7-5-4-6-13(14)18/h4-8H,9-10H2,1-3H3,(H,19,20). The fourth-order valence-electron chi connectivity index (χ4n) is 2.56. The highest BCUT2D eigenvalue weighted by atomic mass is 35.5. The molecule has 1 aromatic carbocycles. The van der Waals surface area contributed by atoms with Crippen LogP contribution in [0.3, 0.4) is 0 Å². The first kappa shape index (κ1) is 14.2. The quantitative estimate of drug-likeness (QED) is 0.830. The summed E-state index contributed by atoms with van der Waals surface area (Å²) in [5.41, 5.74) is 1.99. The number of anilines is 1. The average Bonchev–Trinajstić information content (AvgIpc) is 2.71. The third-order valence-corrected chi connectivity index (χ3v) is 3.95. The Balaban J connectivity index is 2.01.